The predicted octanol–water partition coefficient (Wildman–Crippen LogP) is 3.75. The number of aryl methyl sites for hydroxylation is 1. The number of carboxylic acids is 1. The molecule has 2 rings (SSSR count). The second kappa shape index (κ2) is 5.74. The van der Waals surface area contributed by atoms with Crippen molar-refractivity contribution in [2.75, 3.05) is 5.32 Å². The second-order valence-corrected chi connectivity index (χ2v) is 4.72. The van der Waals surface area contributed by atoms with Gasteiger partial charge in [0.25, 0.3) is 0 Å². The molecule has 3 nitrogen and oxygen atoms in total. The molecule has 0 fully saturated rings. The second-order valence-electron chi connectivity index (χ2n) is 4.72. The van der Waals surface area contributed by atoms with Gasteiger partial charge in [0.2, 0.25) is 0 Å². The number of aromatic carboxylic acids is 1. The minimum absolute atomic E-state index is 0.305. The molecule has 20 heavy (non-hydrogen) atoms. The Hall–Kier alpha value is -2.36. The zero-order valence-corrected chi connectivity index (χ0v) is 11.4. The van der Waals surface area contributed by atoms with E-state index in [0.29, 0.717) is 12.1 Å². The van der Waals surface area contributed by atoms with Gasteiger partial charge in [-0.1, -0.05) is 18.2 Å². The molecule has 0 aliphatic rings. The van der Waals surface area contributed by atoms with Crippen molar-refractivity contribution < 1.29 is 14.3 Å². The summed E-state index contributed by atoms with van der Waals surface area (Å²) in [6.45, 7) is 4.49. The highest BCUT2D eigenvalue weighted by Crippen LogP contribution is 2.19. The first-order valence-electron chi connectivity index (χ1n) is 6.31. The third-order valence-corrected chi connectivity index (χ3v) is 3.35. The molecule has 4 heteroatoms. The Balaban J connectivity index is 2.13. The van der Waals surface area contributed by atoms with Gasteiger partial charge < -0.3 is 10.4 Å². The van der Waals surface area contributed by atoms with Gasteiger partial charge in [-0.15, -0.1) is 0 Å². The van der Waals surface area contributed by atoms with Crippen LogP contribution in [0.2, 0.25) is 0 Å². The normalized spacial score (nSPS) is 10.3. The van der Waals surface area contributed by atoms with Crippen LogP contribution >= 0.6 is 0 Å². The van der Waals surface area contributed by atoms with Crippen molar-refractivity contribution in [2.24, 2.45) is 0 Å². The maximum absolute atomic E-state index is 13.6. The molecule has 2 aromatic rings. The number of carbonyl (C=O) groups is 1. The van der Waals surface area contributed by atoms with E-state index in [1.54, 1.807) is 6.07 Å². The molecule has 0 aromatic heterocycles. The van der Waals surface area contributed by atoms with Gasteiger partial charge in [0.1, 0.15) is 5.82 Å². The van der Waals surface area contributed by atoms with Crippen LogP contribution in [-0.2, 0) is 6.54 Å². The summed E-state index contributed by atoms with van der Waals surface area (Å²) in [5.41, 5.74) is 3.72. The molecule has 2 N–H and O–H groups in total. The number of anilines is 1. The molecule has 0 radical (unpaired) electrons. The fraction of sp³-hybridized carbons (Fsp3) is 0.188. The third kappa shape index (κ3) is 2.96. The van der Waals surface area contributed by atoms with Crippen molar-refractivity contribution in [1.29, 1.82) is 0 Å². The molecule has 0 saturated heterocycles. The topological polar surface area (TPSA) is 49.3 Å². The molecule has 0 spiro atoms. The van der Waals surface area contributed by atoms with Crippen molar-refractivity contribution in [2.45, 2.75) is 20.4 Å². The van der Waals surface area contributed by atoms with Gasteiger partial charge >= 0.3 is 5.97 Å². The van der Waals surface area contributed by atoms with Crippen molar-refractivity contribution in [3.8, 4) is 0 Å². The van der Waals surface area contributed by atoms with E-state index in [2.05, 4.69) is 5.32 Å². The SMILES string of the molecule is Cc1cccc(NCc2ccc(C(=O)O)c(F)c2)c1C. The zero-order chi connectivity index (χ0) is 14.7. The molecule has 2 aromatic carbocycles. The molecule has 0 amide bonds. The lowest BCUT2D eigenvalue weighted by atomic mass is 10.1. The summed E-state index contributed by atoms with van der Waals surface area (Å²) < 4.78 is 13.6. The standard InChI is InChI=1S/C16H16FNO2/c1-10-4-3-5-15(11(10)2)18-9-12-6-7-13(16(19)20)14(17)8-12/h3-8,18H,9H2,1-2H3,(H,19,20). The van der Waals surface area contributed by atoms with Crippen LogP contribution in [-0.4, -0.2) is 11.1 Å². The minimum Gasteiger partial charge on any atom is -0.478 e. The number of halogens is 1. The Kier molecular flexibility index (Phi) is 4.03. The predicted molar refractivity (Wildman–Crippen MR) is 76.6 cm³/mol. The molecule has 104 valence electrons. The van der Waals surface area contributed by atoms with E-state index >= 15 is 0 Å². The highest BCUT2D eigenvalue weighted by molar-refractivity contribution is 5.87. The van der Waals surface area contributed by atoms with Crippen LogP contribution < -0.4 is 5.32 Å². The van der Waals surface area contributed by atoms with Crippen molar-refractivity contribution in [1.82, 2.24) is 0 Å². The quantitative estimate of drug-likeness (QED) is 0.891. The lowest BCUT2D eigenvalue weighted by Gasteiger charge is -2.11. The van der Waals surface area contributed by atoms with E-state index in [4.69, 9.17) is 5.11 Å². The van der Waals surface area contributed by atoms with Crippen LogP contribution in [0.15, 0.2) is 36.4 Å². The van der Waals surface area contributed by atoms with E-state index < -0.39 is 11.8 Å². The molecule has 0 bridgehead atoms. The number of nitrogens with one attached hydrogen (secondary N) is 1. The maximum atomic E-state index is 13.6. The first-order valence-corrected chi connectivity index (χ1v) is 6.31. The molecule has 0 atom stereocenters. The number of hydrogen-bond acceptors (Lipinski definition) is 2. The molecular formula is C16H16FNO2. The van der Waals surface area contributed by atoms with E-state index in [1.807, 2.05) is 32.0 Å². The van der Waals surface area contributed by atoms with Crippen LogP contribution in [0, 0.1) is 19.7 Å². The summed E-state index contributed by atoms with van der Waals surface area (Å²) >= 11 is 0. The van der Waals surface area contributed by atoms with E-state index in [9.17, 15) is 9.18 Å². The molecule has 0 aliphatic carbocycles. The first kappa shape index (κ1) is 14.1. The summed E-state index contributed by atoms with van der Waals surface area (Å²) in [4.78, 5) is 10.7. The van der Waals surface area contributed by atoms with E-state index in [1.165, 1.54) is 17.7 Å². The van der Waals surface area contributed by atoms with Gasteiger partial charge in [0, 0.05) is 12.2 Å². The van der Waals surface area contributed by atoms with Crippen LogP contribution in [0.5, 0.6) is 0 Å². The smallest absolute Gasteiger partial charge is 0.338 e. The molecular weight excluding hydrogens is 257 g/mol. The van der Waals surface area contributed by atoms with Crippen LogP contribution in [0.1, 0.15) is 27.0 Å². The number of hydrogen-bond donors (Lipinski definition) is 2. The van der Waals surface area contributed by atoms with Crippen LogP contribution in [0.3, 0.4) is 0 Å². The number of benzene rings is 2. The summed E-state index contributed by atoms with van der Waals surface area (Å²) in [5.74, 6) is -1.96. The van der Waals surface area contributed by atoms with Gasteiger partial charge in [-0.3, -0.25) is 0 Å². The fourth-order valence-corrected chi connectivity index (χ4v) is 1.98. The Labute approximate surface area is 117 Å². The minimum atomic E-state index is -1.25. The first-order chi connectivity index (χ1) is 9.49. The highest BCUT2D eigenvalue weighted by Gasteiger charge is 2.10. The Morgan fingerprint density at radius 3 is 2.65 bits per heavy atom. The Bertz CT molecular complexity index is 653. The summed E-state index contributed by atoms with van der Waals surface area (Å²) in [7, 11) is 0. The van der Waals surface area contributed by atoms with Gasteiger partial charge in [-0.25, -0.2) is 9.18 Å². The monoisotopic (exact) mass is 273 g/mol. The Morgan fingerprint density at radius 2 is 2.00 bits per heavy atom. The fourth-order valence-electron chi connectivity index (χ4n) is 1.98. The highest BCUT2D eigenvalue weighted by atomic mass is 19.1. The van der Waals surface area contributed by atoms with Gasteiger partial charge in [-0.05, 0) is 48.7 Å². The van der Waals surface area contributed by atoms with Crippen molar-refractivity contribution in [3.63, 3.8) is 0 Å². The van der Waals surface area contributed by atoms with Crippen molar-refractivity contribution >= 4 is 11.7 Å². The van der Waals surface area contributed by atoms with Crippen LogP contribution in [0.25, 0.3) is 0 Å². The lowest BCUT2D eigenvalue weighted by Crippen LogP contribution is -2.05. The Morgan fingerprint density at radius 1 is 1.25 bits per heavy atom. The zero-order valence-electron chi connectivity index (χ0n) is 11.4. The van der Waals surface area contributed by atoms with Crippen molar-refractivity contribution in [3.05, 3.63) is 64.5 Å². The summed E-state index contributed by atoms with van der Waals surface area (Å²) in [6, 6.07) is 10.1. The average Bonchev–Trinajstić information content (AvgIpc) is 2.40. The molecule has 0 heterocycles. The average molecular weight is 273 g/mol. The largest absolute Gasteiger partial charge is 0.478 e. The maximum Gasteiger partial charge on any atom is 0.338 e. The molecule has 0 aliphatic heterocycles. The summed E-state index contributed by atoms with van der Waals surface area (Å²) in [6.07, 6.45) is 0. The summed E-state index contributed by atoms with van der Waals surface area (Å²) in [5, 5.41) is 12.0. The number of carboxylic acid groups (broad SMARTS) is 1. The van der Waals surface area contributed by atoms with Gasteiger partial charge in [-0.2, -0.15) is 0 Å². The lowest BCUT2D eigenvalue weighted by molar-refractivity contribution is 0.0692. The third-order valence-electron chi connectivity index (χ3n) is 3.35. The van der Waals surface area contributed by atoms with Gasteiger partial charge in [0.05, 0.1) is 5.56 Å². The molecule has 0 saturated carbocycles. The van der Waals surface area contributed by atoms with Crippen LogP contribution in [0.4, 0.5) is 10.1 Å². The number of rotatable bonds is 4. The van der Waals surface area contributed by atoms with Gasteiger partial charge in [0.15, 0.2) is 0 Å². The van der Waals surface area contributed by atoms with E-state index in [0.717, 1.165) is 11.3 Å². The molecule has 0 unspecified atom stereocenters. The van der Waals surface area contributed by atoms with E-state index in [-0.39, 0.29) is 5.56 Å².